The Bertz CT molecular complexity index is 1870. The number of rotatable bonds is 6. The number of hydrogen-bond donors (Lipinski definition) is 1. The van der Waals surface area contributed by atoms with Crippen molar-refractivity contribution < 1.29 is 20.8 Å². The van der Waals surface area contributed by atoms with Crippen molar-refractivity contribution in [2.24, 2.45) is 0 Å². The third-order valence-corrected chi connectivity index (χ3v) is 12.9. The van der Waals surface area contributed by atoms with Crippen molar-refractivity contribution in [1.82, 2.24) is 0 Å². The first-order valence-corrected chi connectivity index (χ1v) is 22.3. The summed E-state index contributed by atoms with van der Waals surface area (Å²) in [5.41, 5.74) is 11.7. The number of nitrogens with zero attached hydrogens (tertiary/aromatic N) is 2. The van der Waals surface area contributed by atoms with E-state index in [1.807, 2.05) is 16.7 Å². The topological polar surface area (TPSA) is 26.7 Å². The number of aryl methyl sites for hydroxylation is 6. The first-order valence-electron chi connectivity index (χ1n) is 17.6. The molecular weight excluding hydrogens is 764 g/mol. The van der Waals surface area contributed by atoms with E-state index in [-0.39, 0.29) is 15.7 Å². The van der Waals surface area contributed by atoms with Crippen molar-refractivity contribution in [3.05, 3.63) is 185 Å². The van der Waals surface area contributed by atoms with Crippen molar-refractivity contribution in [3.63, 3.8) is 0 Å². The maximum atomic E-state index is 9.17. The number of aromatic hydroxyl groups is 1. The SMILES string of the molecule is Cc1cc(C)c(N2[CH-]N(c3c(C)cc(C)cc3C)CC2)c(C)c1.Oc1ccccc1[CH]=[Ru][Cl].c1ccc([PH+](c2ccccc2)c2ccccc2)cc1. The second-order valence-electron chi connectivity index (χ2n) is 13.2. The number of halogens is 1. The molecule has 0 atom stereocenters. The molecule has 269 valence electrons. The number of anilines is 2. The molecule has 7 rings (SSSR count). The van der Waals surface area contributed by atoms with E-state index in [0.717, 1.165) is 18.7 Å². The first kappa shape index (κ1) is 39.1. The summed E-state index contributed by atoms with van der Waals surface area (Å²) < 4.78 is 1.85. The zero-order chi connectivity index (χ0) is 37.0. The fourth-order valence-electron chi connectivity index (χ4n) is 7.02. The molecule has 0 unspecified atom stereocenters. The summed E-state index contributed by atoms with van der Waals surface area (Å²) in [6, 6.07) is 48.8. The van der Waals surface area contributed by atoms with Gasteiger partial charge in [-0.3, -0.25) is 0 Å². The number of phenols is 1. The van der Waals surface area contributed by atoms with Crippen LogP contribution in [0.1, 0.15) is 38.9 Å². The fourth-order valence-corrected chi connectivity index (χ4v) is 10.7. The Morgan fingerprint density at radius 3 is 1.25 bits per heavy atom. The van der Waals surface area contributed by atoms with Crippen LogP contribution in [0.5, 0.6) is 5.75 Å². The van der Waals surface area contributed by atoms with Gasteiger partial charge in [0.2, 0.25) is 0 Å². The van der Waals surface area contributed by atoms with Crippen molar-refractivity contribution >= 4 is 49.5 Å². The monoisotopic (exact) mass is 813 g/mol. The zero-order valence-corrected chi connectivity index (χ0v) is 34.4. The Labute approximate surface area is 323 Å². The summed E-state index contributed by atoms with van der Waals surface area (Å²) in [5.74, 6) is 0.303. The maximum Gasteiger partial charge on any atom is 0.102 e. The molecular formula is C46H49ClN2OPRu. The molecule has 6 aromatic carbocycles. The molecule has 1 heterocycles. The van der Waals surface area contributed by atoms with Gasteiger partial charge < -0.3 is 9.80 Å². The van der Waals surface area contributed by atoms with E-state index in [9.17, 15) is 0 Å². The minimum absolute atomic E-state index is 0.250. The van der Waals surface area contributed by atoms with Gasteiger partial charge in [-0.25, -0.2) is 0 Å². The third kappa shape index (κ3) is 10.3. The minimum atomic E-state index is -0.877. The van der Waals surface area contributed by atoms with Crippen molar-refractivity contribution in [1.29, 1.82) is 0 Å². The van der Waals surface area contributed by atoms with Crippen LogP contribution in [0.15, 0.2) is 140 Å². The molecule has 1 aliphatic heterocycles. The second kappa shape index (κ2) is 19.1. The minimum Gasteiger partial charge on any atom is -0.0620 e. The number of phenolic OH excluding ortho intramolecular Hbond substituents is 1. The van der Waals surface area contributed by atoms with Crippen LogP contribution in [0.3, 0.4) is 0 Å². The summed E-state index contributed by atoms with van der Waals surface area (Å²) in [5, 5.41) is 13.5. The van der Waals surface area contributed by atoms with Crippen molar-refractivity contribution in [3.8, 4) is 5.75 Å². The van der Waals surface area contributed by atoms with E-state index in [4.69, 9.17) is 14.8 Å². The molecule has 0 aromatic heterocycles. The predicted molar refractivity (Wildman–Crippen MR) is 226 cm³/mol. The Morgan fingerprint density at radius 2 is 0.904 bits per heavy atom. The third-order valence-electron chi connectivity index (χ3n) is 8.98. The second-order valence-corrected chi connectivity index (χ2v) is 17.5. The summed E-state index contributed by atoms with van der Waals surface area (Å²) in [7, 11) is 4.65. The Hall–Kier alpha value is -4.07. The van der Waals surface area contributed by atoms with Gasteiger partial charge in [-0.05, 0) is 100 Å². The van der Waals surface area contributed by atoms with Crippen LogP contribution < -0.4 is 25.7 Å². The molecule has 1 N–H and O–H groups in total. The van der Waals surface area contributed by atoms with E-state index in [1.165, 1.54) is 60.7 Å². The quantitative estimate of drug-likeness (QED) is 0.103. The van der Waals surface area contributed by atoms with Gasteiger partial charge in [-0.1, -0.05) is 90.0 Å². The van der Waals surface area contributed by atoms with Gasteiger partial charge in [0, 0.05) is 24.5 Å². The van der Waals surface area contributed by atoms with Gasteiger partial charge in [0.1, 0.15) is 15.9 Å². The average Bonchev–Trinajstić information content (AvgIpc) is 3.59. The molecule has 6 heteroatoms. The molecule has 1 aliphatic rings. The van der Waals surface area contributed by atoms with E-state index in [1.54, 1.807) is 12.1 Å². The van der Waals surface area contributed by atoms with Crippen LogP contribution in [0, 0.1) is 48.2 Å². The molecule has 0 bridgehead atoms. The molecule has 0 amide bonds. The molecule has 0 spiro atoms. The molecule has 6 aromatic rings. The summed E-state index contributed by atoms with van der Waals surface area (Å²) in [4.78, 5) is 4.81. The molecule has 3 nitrogen and oxygen atoms in total. The van der Waals surface area contributed by atoms with Crippen molar-refractivity contribution in [2.45, 2.75) is 41.5 Å². The smallest absolute Gasteiger partial charge is 0.0620 e. The number of hydrogen-bond acceptors (Lipinski definition) is 3. The largest absolute Gasteiger partial charge is 0.102 e. The summed E-state index contributed by atoms with van der Waals surface area (Å²) >= 11 is -0.250. The molecule has 0 aliphatic carbocycles. The van der Waals surface area contributed by atoms with Gasteiger partial charge in [0.25, 0.3) is 0 Å². The number of benzene rings is 6. The van der Waals surface area contributed by atoms with Crippen LogP contribution in [-0.4, -0.2) is 22.8 Å². The molecule has 0 radical (unpaired) electrons. The summed E-state index contributed by atoms with van der Waals surface area (Å²) in [6.07, 6.45) is 0. The van der Waals surface area contributed by atoms with E-state index in [0.29, 0.717) is 5.75 Å². The first-order chi connectivity index (χ1) is 25.2. The molecule has 52 heavy (non-hydrogen) atoms. The number of para-hydroxylation sites is 1. The van der Waals surface area contributed by atoms with Gasteiger partial charge in [0.15, 0.2) is 0 Å². The van der Waals surface area contributed by atoms with E-state index >= 15 is 0 Å². The van der Waals surface area contributed by atoms with Gasteiger partial charge in [-0.15, -0.1) is 0 Å². The van der Waals surface area contributed by atoms with Crippen LogP contribution in [0.4, 0.5) is 11.4 Å². The van der Waals surface area contributed by atoms with Gasteiger partial charge >= 0.3 is 70.7 Å². The van der Waals surface area contributed by atoms with Crippen LogP contribution in [-0.2, 0) is 15.7 Å². The van der Waals surface area contributed by atoms with Crippen LogP contribution in [0.25, 0.3) is 0 Å². The van der Waals surface area contributed by atoms with Crippen molar-refractivity contribution in [2.75, 3.05) is 22.9 Å². The average molecular weight is 813 g/mol. The van der Waals surface area contributed by atoms with Gasteiger partial charge in [-0.2, -0.15) is 6.67 Å². The Kier molecular flexibility index (Phi) is 14.4. The van der Waals surface area contributed by atoms with E-state index in [2.05, 4.69) is 173 Å². The molecule has 1 fully saturated rings. The normalized spacial score (nSPS) is 12.5. The summed E-state index contributed by atoms with van der Waals surface area (Å²) in [6.45, 7) is 17.6. The maximum absolute atomic E-state index is 9.17. The Morgan fingerprint density at radius 1 is 0.558 bits per heavy atom. The van der Waals surface area contributed by atoms with E-state index < -0.39 is 7.92 Å². The zero-order valence-electron chi connectivity index (χ0n) is 30.9. The Balaban J connectivity index is 0.000000162. The van der Waals surface area contributed by atoms with Gasteiger partial charge in [0.05, 0.1) is 7.92 Å². The standard InChI is InChI=1S/C21H27N2.C18H15P.C7H6O.ClH.Ru/c1-14-9-16(3)20(17(4)10-14)22-7-8-23(13-22)21-18(5)11-15(2)12-19(21)6;1-4-10-16(11-5-1)19(17-12-6-2-7-13-17)18-14-8-3-9-15-18;1-6-4-2-3-5-7(6)8;;/h9-13H,7-8H2,1-6H3;1-15H;1-5,8H;1H;/q-1;;;;+1. The molecule has 1 saturated heterocycles. The van der Waals surface area contributed by atoms with Crippen LogP contribution >= 0.6 is 17.6 Å². The predicted octanol–water partition coefficient (Wildman–Crippen LogP) is 9.94. The molecule has 0 saturated carbocycles. The fraction of sp³-hybridized carbons (Fsp3) is 0.174. The van der Waals surface area contributed by atoms with Crippen LogP contribution in [0.2, 0.25) is 0 Å².